The second kappa shape index (κ2) is 7.04. The Morgan fingerprint density at radius 1 is 1.15 bits per heavy atom. The van der Waals surface area contributed by atoms with Crippen LogP contribution >= 0.6 is 11.6 Å². The molecule has 0 bridgehead atoms. The molecule has 2 heterocycles. The lowest BCUT2D eigenvalue weighted by Gasteiger charge is -2.17. The molecule has 1 aliphatic heterocycles. The number of aromatic nitrogens is 2. The average molecular weight is 383 g/mol. The highest BCUT2D eigenvalue weighted by atomic mass is 35.5. The van der Waals surface area contributed by atoms with Gasteiger partial charge in [-0.3, -0.25) is 4.79 Å². The van der Waals surface area contributed by atoms with Crippen molar-refractivity contribution in [3.05, 3.63) is 59.4 Å². The molecule has 27 heavy (non-hydrogen) atoms. The lowest BCUT2D eigenvalue weighted by Crippen LogP contribution is -2.24. The van der Waals surface area contributed by atoms with Gasteiger partial charge in [-0.2, -0.15) is 4.98 Å². The van der Waals surface area contributed by atoms with Crippen LogP contribution in [0.15, 0.2) is 53.1 Å². The summed E-state index contributed by atoms with van der Waals surface area (Å²) >= 11 is 6.24. The van der Waals surface area contributed by atoms with Crippen molar-refractivity contribution in [2.75, 3.05) is 30.4 Å². The predicted molar refractivity (Wildman–Crippen MR) is 105 cm³/mol. The van der Waals surface area contributed by atoms with E-state index < -0.39 is 0 Å². The van der Waals surface area contributed by atoms with E-state index in [1.165, 1.54) is 0 Å². The second-order valence-electron chi connectivity index (χ2n) is 6.76. The molecule has 1 aliphatic rings. The molecule has 2 aromatic carbocycles. The first-order chi connectivity index (χ1) is 13.0. The first kappa shape index (κ1) is 17.5. The van der Waals surface area contributed by atoms with Gasteiger partial charge in [-0.25, -0.2) is 0 Å². The zero-order valence-electron chi connectivity index (χ0n) is 15.1. The van der Waals surface area contributed by atoms with E-state index in [0.717, 1.165) is 16.9 Å². The Bertz CT molecular complexity index is 968. The molecule has 0 radical (unpaired) electrons. The highest BCUT2D eigenvalue weighted by molar-refractivity contribution is 6.33. The van der Waals surface area contributed by atoms with Gasteiger partial charge in [0.25, 0.3) is 5.89 Å². The Kier molecular flexibility index (Phi) is 4.58. The van der Waals surface area contributed by atoms with Gasteiger partial charge in [0.2, 0.25) is 5.91 Å². The maximum absolute atomic E-state index is 12.5. The number of rotatable bonds is 4. The van der Waals surface area contributed by atoms with Gasteiger partial charge in [-0.1, -0.05) is 28.9 Å². The standard InChI is InChI=1S/C20H19ClN4O2/c1-24(2)15-9-7-13(8-10-15)20-22-19(23-27-20)14-11-18(26)25(12-14)17-6-4-3-5-16(17)21/h3-10,14H,11-12H2,1-2H3. The summed E-state index contributed by atoms with van der Waals surface area (Å²) in [5.74, 6) is 0.894. The van der Waals surface area contributed by atoms with E-state index in [1.54, 1.807) is 11.0 Å². The summed E-state index contributed by atoms with van der Waals surface area (Å²) in [6, 6.07) is 15.2. The number of nitrogens with zero attached hydrogens (tertiary/aromatic N) is 4. The first-order valence-electron chi connectivity index (χ1n) is 8.69. The van der Waals surface area contributed by atoms with Crippen LogP contribution in [0, 0.1) is 0 Å². The van der Waals surface area contributed by atoms with E-state index in [0.29, 0.717) is 29.7 Å². The Morgan fingerprint density at radius 2 is 1.89 bits per heavy atom. The van der Waals surface area contributed by atoms with Gasteiger partial charge in [-0.15, -0.1) is 0 Å². The number of hydrogen-bond acceptors (Lipinski definition) is 5. The van der Waals surface area contributed by atoms with Crippen LogP contribution < -0.4 is 9.80 Å². The SMILES string of the molecule is CN(C)c1ccc(-c2nc(C3CC(=O)N(c4ccccc4Cl)C3)no2)cc1. The van der Waals surface area contributed by atoms with Gasteiger partial charge in [0, 0.05) is 44.2 Å². The van der Waals surface area contributed by atoms with Gasteiger partial charge >= 0.3 is 0 Å². The fourth-order valence-corrected chi connectivity index (χ4v) is 3.44. The highest BCUT2D eigenvalue weighted by Gasteiger charge is 2.35. The van der Waals surface area contributed by atoms with E-state index in [4.69, 9.17) is 16.1 Å². The molecule has 6 nitrogen and oxygen atoms in total. The Labute approximate surface area is 162 Å². The molecule has 1 fully saturated rings. The molecule has 4 rings (SSSR count). The van der Waals surface area contributed by atoms with E-state index in [2.05, 4.69) is 10.1 Å². The zero-order valence-corrected chi connectivity index (χ0v) is 15.8. The number of anilines is 2. The lowest BCUT2D eigenvalue weighted by molar-refractivity contribution is -0.117. The van der Waals surface area contributed by atoms with E-state index in [9.17, 15) is 4.79 Å². The summed E-state index contributed by atoms with van der Waals surface area (Å²) in [6.07, 6.45) is 0.337. The van der Waals surface area contributed by atoms with Crippen LogP contribution in [-0.4, -0.2) is 36.7 Å². The van der Waals surface area contributed by atoms with Gasteiger partial charge in [-0.05, 0) is 36.4 Å². The number of halogens is 1. The van der Waals surface area contributed by atoms with E-state index >= 15 is 0 Å². The van der Waals surface area contributed by atoms with Crippen molar-refractivity contribution in [2.45, 2.75) is 12.3 Å². The summed E-state index contributed by atoms with van der Waals surface area (Å²) in [6.45, 7) is 0.487. The summed E-state index contributed by atoms with van der Waals surface area (Å²) in [5.41, 5.74) is 2.66. The number of carbonyl (C=O) groups excluding carboxylic acids is 1. The fraction of sp³-hybridized carbons (Fsp3) is 0.250. The van der Waals surface area contributed by atoms with Gasteiger partial charge in [0.05, 0.1) is 10.7 Å². The quantitative estimate of drug-likeness (QED) is 0.683. The van der Waals surface area contributed by atoms with Crippen molar-refractivity contribution >= 4 is 28.9 Å². The minimum atomic E-state index is -0.118. The molecule has 1 unspecified atom stereocenters. The molecule has 138 valence electrons. The predicted octanol–water partition coefficient (Wildman–Crippen LogP) is 3.98. The smallest absolute Gasteiger partial charge is 0.257 e. The molecule has 1 aromatic heterocycles. The average Bonchev–Trinajstić information content (AvgIpc) is 3.29. The molecule has 1 saturated heterocycles. The number of carbonyl (C=O) groups is 1. The van der Waals surface area contributed by atoms with Crippen LogP contribution in [0.4, 0.5) is 11.4 Å². The van der Waals surface area contributed by atoms with E-state index in [1.807, 2.05) is 61.5 Å². The molecule has 0 spiro atoms. The summed E-state index contributed by atoms with van der Waals surface area (Å²) < 4.78 is 5.43. The minimum Gasteiger partial charge on any atom is -0.378 e. The third-order valence-electron chi connectivity index (χ3n) is 4.71. The van der Waals surface area contributed by atoms with Crippen LogP contribution in [0.5, 0.6) is 0 Å². The molecule has 0 aliphatic carbocycles. The molecular formula is C20H19ClN4O2. The second-order valence-corrected chi connectivity index (χ2v) is 7.16. The van der Waals surface area contributed by atoms with Gasteiger partial charge in [0.15, 0.2) is 5.82 Å². The molecule has 1 amide bonds. The van der Waals surface area contributed by atoms with Crippen molar-refractivity contribution in [2.24, 2.45) is 0 Å². The van der Waals surface area contributed by atoms with Crippen LogP contribution in [0.1, 0.15) is 18.2 Å². The lowest BCUT2D eigenvalue weighted by atomic mass is 10.1. The summed E-state index contributed by atoms with van der Waals surface area (Å²) in [5, 5.41) is 4.67. The fourth-order valence-electron chi connectivity index (χ4n) is 3.20. The van der Waals surface area contributed by atoms with Crippen molar-refractivity contribution < 1.29 is 9.32 Å². The van der Waals surface area contributed by atoms with Crippen molar-refractivity contribution in [3.8, 4) is 11.5 Å². The number of hydrogen-bond donors (Lipinski definition) is 0. The van der Waals surface area contributed by atoms with Crippen LogP contribution in [-0.2, 0) is 4.79 Å². The first-order valence-corrected chi connectivity index (χ1v) is 9.07. The Hall–Kier alpha value is -2.86. The van der Waals surface area contributed by atoms with Crippen LogP contribution in [0.25, 0.3) is 11.5 Å². The number of amides is 1. The molecule has 1 atom stereocenters. The van der Waals surface area contributed by atoms with Crippen LogP contribution in [0.3, 0.4) is 0 Å². The molecule has 0 N–H and O–H groups in total. The monoisotopic (exact) mass is 382 g/mol. The maximum Gasteiger partial charge on any atom is 0.257 e. The highest BCUT2D eigenvalue weighted by Crippen LogP contribution is 2.34. The normalized spacial score (nSPS) is 16.8. The third-order valence-corrected chi connectivity index (χ3v) is 5.03. The van der Waals surface area contributed by atoms with Gasteiger partial charge in [0.1, 0.15) is 0 Å². The molecule has 0 saturated carbocycles. The maximum atomic E-state index is 12.5. The number of para-hydroxylation sites is 1. The molecule has 3 aromatic rings. The molecule has 7 heteroatoms. The summed E-state index contributed by atoms with van der Waals surface area (Å²) in [4.78, 5) is 20.7. The largest absolute Gasteiger partial charge is 0.378 e. The topological polar surface area (TPSA) is 62.5 Å². The minimum absolute atomic E-state index is 0.00906. The van der Waals surface area contributed by atoms with Crippen LogP contribution in [0.2, 0.25) is 5.02 Å². The zero-order chi connectivity index (χ0) is 19.0. The Morgan fingerprint density at radius 3 is 2.59 bits per heavy atom. The van der Waals surface area contributed by atoms with Crippen molar-refractivity contribution in [1.29, 1.82) is 0 Å². The number of benzene rings is 2. The summed E-state index contributed by atoms with van der Waals surface area (Å²) in [7, 11) is 3.98. The van der Waals surface area contributed by atoms with Gasteiger partial charge < -0.3 is 14.3 Å². The Balaban J connectivity index is 1.54. The van der Waals surface area contributed by atoms with Crippen molar-refractivity contribution in [3.63, 3.8) is 0 Å². The molecular weight excluding hydrogens is 364 g/mol. The third kappa shape index (κ3) is 3.40. The van der Waals surface area contributed by atoms with E-state index in [-0.39, 0.29) is 11.8 Å². The van der Waals surface area contributed by atoms with Crippen molar-refractivity contribution in [1.82, 2.24) is 10.1 Å².